The summed E-state index contributed by atoms with van der Waals surface area (Å²) in [6.07, 6.45) is 9.80. The Hall–Kier alpha value is -1.60. The van der Waals surface area contributed by atoms with Gasteiger partial charge in [0, 0.05) is 18.8 Å². The molecule has 0 amide bonds. The Morgan fingerprint density at radius 3 is 2.86 bits per heavy atom. The van der Waals surface area contributed by atoms with Gasteiger partial charge in [-0.05, 0) is 56.8 Å². The molecule has 0 spiro atoms. The zero-order valence-corrected chi connectivity index (χ0v) is 12.6. The molecule has 4 nitrogen and oxygen atoms in total. The van der Waals surface area contributed by atoms with E-state index in [9.17, 15) is 0 Å². The molecule has 1 saturated carbocycles. The van der Waals surface area contributed by atoms with Gasteiger partial charge in [-0.1, -0.05) is 12.8 Å². The fraction of sp³-hybridized carbons (Fsp3) is 0.647. The van der Waals surface area contributed by atoms with E-state index in [-0.39, 0.29) is 0 Å². The van der Waals surface area contributed by atoms with Crippen molar-refractivity contribution in [1.82, 2.24) is 9.88 Å². The minimum absolute atomic E-state index is 0.644. The van der Waals surface area contributed by atoms with E-state index < -0.39 is 0 Å². The van der Waals surface area contributed by atoms with Crippen molar-refractivity contribution in [2.45, 2.75) is 44.6 Å². The van der Waals surface area contributed by atoms with Gasteiger partial charge in [-0.3, -0.25) is 0 Å². The second-order valence-corrected chi connectivity index (χ2v) is 6.25. The highest BCUT2D eigenvalue weighted by molar-refractivity contribution is 5.51. The topological polar surface area (TPSA) is 52.0 Å². The van der Waals surface area contributed by atoms with Crippen LogP contribution in [0.15, 0.2) is 18.3 Å². The van der Waals surface area contributed by atoms with Gasteiger partial charge in [-0.15, -0.1) is 0 Å². The van der Waals surface area contributed by atoms with E-state index >= 15 is 0 Å². The molecule has 4 heteroatoms. The third kappa shape index (κ3) is 3.36. The summed E-state index contributed by atoms with van der Waals surface area (Å²) in [5.74, 6) is 1.43. The second kappa shape index (κ2) is 6.91. The molecule has 1 saturated heterocycles. The van der Waals surface area contributed by atoms with Crippen LogP contribution in [0.4, 0.5) is 5.82 Å². The molecule has 2 heterocycles. The molecular weight excluding hydrogens is 260 g/mol. The van der Waals surface area contributed by atoms with Crippen molar-refractivity contribution in [3.05, 3.63) is 23.9 Å². The average molecular weight is 284 g/mol. The molecule has 1 N–H and O–H groups in total. The Labute approximate surface area is 127 Å². The van der Waals surface area contributed by atoms with E-state index in [4.69, 9.17) is 5.26 Å². The van der Waals surface area contributed by atoms with Crippen molar-refractivity contribution >= 4 is 5.82 Å². The number of anilines is 1. The van der Waals surface area contributed by atoms with Crippen LogP contribution >= 0.6 is 0 Å². The van der Waals surface area contributed by atoms with Crippen LogP contribution in [0.2, 0.25) is 0 Å². The highest BCUT2D eigenvalue weighted by Crippen LogP contribution is 2.31. The summed E-state index contributed by atoms with van der Waals surface area (Å²) < 4.78 is 0. The third-order valence-corrected chi connectivity index (χ3v) is 4.94. The van der Waals surface area contributed by atoms with E-state index in [1.807, 2.05) is 12.1 Å². The van der Waals surface area contributed by atoms with E-state index in [1.54, 1.807) is 6.20 Å². The highest BCUT2D eigenvalue weighted by atomic mass is 15.2. The molecule has 1 aliphatic carbocycles. The van der Waals surface area contributed by atoms with E-state index in [0.29, 0.717) is 11.5 Å². The maximum absolute atomic E-state index is 9.14. The van der Waals surface area contributed by atoms with Gasteiger partial charge in [-0.25, -0.2) is 4.98 Å². The summed E-state index contributed by atoms with van der Waals surface area (Å²) in [4.78, 5) is 7.00. The lowest BCUT2D eigenvalue weighted by Crippen LogP contribution is -2.43. The van der Waals surface area contributed by atoms with Gasteiger partial charge in [0.1, 0.15) is 11.9 Å². The normalized spacial score (nSPS) is 26.4. The number of likely N-dealkylation sites (tertiary alicyclic amines) is 1. The largest absolute Gasteiger partial charge is 0.369 e. The Bertz CT molecular complexity index is 502. The monoisotopic (exact) mass is 284 g/mol. The summed E-state index contributed by atoms with van der Waals surface area (Å²) in [5, 5.41) is 12.6. The fourth-order valence-electron chi connectivity index (χ4n) is 3.84. The van der Waals surface area contributed by atoms with Gasteiger partial charge in [0.2, 0.25) is 0 Å². The van der Waals surface area contributed by atoms with Crippen LogP contribution in [-0.4, -0.2) is 35.6 Å². The lowest BCUT2D eigenvalue weighted by atomic mass is 9.83. The minimum Gasteiger partial charge on any atom is -0.369 e. The second-order valence-electron chi connectivity index (χ2n) is 6.25. The van der Waals surface area contributed by atoms with Crippen molar-refractivity contribution in [2.24, 2.45) is 5.92 Å². The van der Waals surface area contributed by atoms with Gasteiger partial charge in [0.05, 0.1) is 5.56 Å². The molecule has 2 atom stereocenters. The highest BCUT2D eigenvalue weighted by Gasteiger charge is 2.31. The lowest BCUT2D eigenvalue weighted by Gasteiger charge is -2.38. The van der Waals surface area contributed by atoms with Crippen molar-refractivity contribution in [3.63, 3.8) is 0 Å². The van der Waals surface area contributed by atoms with Crippen molar-refractivity contribution in [2.75, 3.05) is 25.0 Å². The minimum atomic E-state index is 0.644. The van der Waals surface area contributed by atoms with Gasteiger partial charge in [0.25, 0.3) is 0 Å². The summed E-state index contributed by atoms with van der Waals surface area (Å²) in [6.45, 7) is 3.48. The maximum Gasteiger partial charge on any atom is 0.143 e. The van der Waals surface area contributed by atoms with Crippen LogP contribution in [0.25, 0.3) is 0 Å². The third-order valence-electron chi connectivity index (χ3n) is 4.94. The number of hydrogen-bond donors (Lipinski definition) is 1. The van der Waals surface area contributed by atoms with Crippen molar-refractivity contribution in [1.29, 1.82) is 5.26 Å². The van der Waals surface area contributed by atoms with Crippen LogP contribution in [-0.2, 0) is 0 Å². The first-order valence-electron chi connectivity index (χ1n) is 8.21. The maximum atomic E-state index is 9.14. The zero-order chi connectivity index (χ0) is 14.5. The molecule has 0 bridgehead atoms. The molecule has 1 aromatic rings. The first-order chi connectivity index (χ1) is 10.4. The van der Waals surface area contributed by atoms with Crippen LogP contribution in [0.3, 0.4) is 0 Å². The molecule has 2 aliphatic rings. The number of nitrogens with zero attached hydrogens (tertiary/aromatic N) is 3. The van der Waals surface area contributed by atoms with Crippen LogP contribution in [0, 0.1) is 17.2 Å². The zero-order valence-electron chi connectivity index (χ0n) is 12.6. The smallest absolute Gasteiger partial charge is 0.143 e. The summed E-state index contributed by atoms with van der Waals surface area (Å²) >= 11 is 0. The van der Waals surface area contributed by atoms with Crippen molar-refractivity contribution < 1.29 is 0 Å². The molecule has 3 rings (SSSR count). The summed E-state index contributed by atoms with van der Waals surface area (Å²) in [7, 11) is 0. The molecule has 0 radical (unpaired) electrons. The molecule has 2 unspecified atom stereocenters. The number of aromatic nitrogens is 1. The Kier molecular flexibility index (Phi) is 4.72. The van der Waals surface area contributed by atoms with Gasteiger partial charge in [-0.2, -0.15) is 5.26 Å². The van der Waals surface area contributed by atoms with Gasteiger partial charge in [0.15, 0.2) is 0 Å². The molecule has 21 heavy (non-hydrogen) atoms. The number of rotatable bonds is 4. The predicted molar refractivity (Wildman–Crippen MR) is 84.0 cm³/mol. The Morgan fingerprint density at radius 1 is 1.24 bits per heavy atom. The SMILES string of the molecule is N#Cc1cccnc1NCC1CCCCC1N1CCCC1. The first kappa shape index (κ1) is 14.3. The number of hydrogen-bond acceptors (Lipinski definition) is 4. The fourth-order valence-corrected chi connectivity index (χ4v) is 3.84. The van der Waals surface area contributed by atoms with Gasteiger partial charge >= 0.3 is 0 Å². The first-order valence-corrected chi connectivity index (χ1v) is 8.21. The number of nitriles is 1. The summed E-state index contributed by atoms with van der Waals surface area (Å²) in [6, 6.07) is 6.58. The molecule has 1 aromatic heterocycles. The lowest BCUT2D eigenvalue weighted by molar-refractivity contribution is 0.135. The molecule has 0 aromatic carbocycles. The molecular formula is C17H24N4. The number of pyridine rings is 1. The van der Waals surface area contributed by atoms with Crippen LogP contribution in [0.5, 0.6) is 0 Å². The standard InChI is InChI=1S/C17H24N4/c18-12-14-7-5-9-19-17(14)20-13-15-6-1-2-8-16(15)21-10-3-4-11-21/h5,7,9,15-16H,1-4,6,8,10-11,13H2,(H,19,20). The number of nitrogens with one attached hydrogen (secondary N) is 1. The van der Waals surface area contributed by atoms with E-state index in [2.05, 4.69) is 21.3 Å². The van der Waals surface area contributed by atoms with E-state index in [1.165, 1.54) is 51.6 Å². The van der Waals surface area contributed by atoms with Crippen LogP contribution < -0.4 is 5.32 Å². The van der Waals surface area contributed by atoms with E-state index in [0.717, 1.165) is 18.4 Å². The Balaban J connectivity index is 1.63. The summed E-state index contributed by atoms with van der Waals surface area (Å²) in [5.41, 5.74) is 0.644. The average Bonchev–Trinajstić information content (AvgIpc) is 3.08. The van der Waals surface area contributed by atoms with Gasteiger partial charge < -0.3 is 10.2 Å². The molecule has 112 valence electrons. The van der Waals surface area contributed by atoms with Crippen molar-refractivity contribution in [3.8, 4) is 6.07 Å². The Morgan fingerprint density at radius 2 is 2.05 bits per heavy atom. The van der Waals surface area contributed by atoms with Crippen LogP contribution in [0.1, 0.15) is 44.1 Å². The molecule has 2 fully saturated rings. The molecule has 1 aliphatic heterocycles. The quantitative estimate of drug-likeness (QED) is 0.923. The predicted octanol–water partition coefficient (Wildman–Crippen LogP) is 3.02.